The third kappa shape index (κ3) is 4.88. The molecule has 2 aliphatic carbocycles. The zero-order valence-corrected chi connectivity index (χ0v) is 18.0. The van der Waals surface area contributed by atoms with Gasteiger partial charge in [0, 0.05) is 5.56 Å². The van der Waals surface area contributed by atoms with E-state index in [4.69, 9.17) is 0 Å². The summed E-state index contributed by atoms with van der Waals surface area (Å²) in [4.78, 5) is 0. The monoisotopic (exact) mass is 430 g/mol. The van der Waals surface area contributed by atoms with E-state index in [2.05, 4.69) is 19.1 Å². The van der Waals surface area contributed by atoms with Crippen molar-refractivity contribution in [1.29, 1.82) is 0 Å². The highest BCUT2D eigenvalue weighted by Gasteiger charge is 2.31. The summed E-state index contributed by atoms with van der Waals surface area (Å²) in [6.45, 7) is 2.10. The Morgan fingerprint density at radius 3 is 1.84 bits per heavy atom. The highest BCUT2D eigenvalue weighted by atomic mass is 19.2. The Morgan fingerprint density at radius 1 is 0.710 bits per heavy atom. The number of allylic oxidation sites excluding steroid dienone is 2. The number of hydrogen-bond acceptors (Lipinski definition) is 0. The Bertz CT molecular complexity index is 909. The average molecular weight is 431 g/mol. The molecular formula is C27H30F4. The van der Waals surface area contributed by atoms with Gasteiger partial charge in [0.2, 0.25) is 0 Å². The third-order valence-electron chi connectivity index (χ3n) is 7.48. The molecular weight excluding hydrogens is 400 g/mol. The molecule has 166 valence electrons. The van der Waals surface area contributed by atoms with Crippen molar-refractivity contribution in [1.82, 2.24) is 0 Å². The number of halogens is 4. The van der Waals surface area contributed by atoms with Gasteiger partial charge in [-0.05, 0) is 111 Å². The summed E-state index contributed by atoms with van der Waals surface area (Å²) in [6.07, 6.45) is 14.2. The van der Waals surface area contributed by atoms with Gasteiger partial charge in [-0.1, -0.05) is 24.3 Å². The van der Waals surface area contributed by atoms with E-state index in [1.54, 1.807) is 6.07 Å². The van der Waals surface area contributed by atoms with Crippen LogP contribution in [0.2, 0.25) is 0 Å². The molecule has 0 aliphatic heterocycles. The molecule has 2 fully saturated rings. The van der Waals surface area contributed by atoms with Crippen LogP contribution in [0.4, 0.5) is 17.6 Å². The van der Waals surface area contributed by atoms with Crippen molar-refractivity contribution in [2.75, 3.05) is 0 Å². The van der Waals surface area contributed by atoms with Crippen LogP contribution in [0.15, 0.2) is 42.5 Å². The van der Waals surface area contributed by atoms with Gasteiger partial charge < -0.3 is 0 Å². The van der Waals surface area contributed by atoms with Crippen LogP contribution in [-0.2, 0) is 0 Å². The zero-order valence-electron chi connectivity index (χ0n) is 18.0. The van der Waals surface area contributed by atoms with Crippen LogP contribution in [0.3, 0.4) is 0 Å². The number of benzene rings is 2. The topological polar surface area (TPSA) is 0 Å². The van der Waals surface area contributed by atoms with E-state index >= 15 is 0 Å². The van der Waals surface area contributed by atoms with Gasteiger partial charge in [-0.3, -0.25) is 0 Å². The predicted octanol–water partition coefficient (Wildman–Crippen LogP) is 8.57. The van der Waals surface area contributed by atoms with E-state index in [-0.39, 0.29) is 11.1 Å². The molecule has 0 spiro atoms. The molecule has 2 aromatic rings. The van der Waals surface area contributed by atoms with Crippen molar-refractivity contribution in [2.24, 2.45) is 17.8 Å². The second-order valence-corrected chi connectivity index (χ2v) is 9.31. The summed E-state index contributed by atoms with van der Waals surface area (Å²) < 4.78 is 55.1. The molecule has 0 heterocycles. The maximum Gasteiger partial charge on any atom is 0.194 e. The number of hydrogen-bond donors (Lipinski definition) is 0. The van der Waals surface area contributed by atoms with Crippen LogP contribution in [0, 0.1) is 41.0 Å². The highest BCUT2D eigenvalue weighted by Crippen LogP contribution is 2.44. The molecule has 0 radical (unpaired) electrons. The fraction of sp³-hybridized carbons (Fsp3) is 0.481. The van der Waals surface area contributed by atoms with Gasteiger partial charge in [-0.25, -0.2) is 17.6 Å². The minimum Gasteiger partial charge on any atom is -0.206 e. The molecule has 0 saturated heterocycles. The predicted molar refractivity (Wildman–Crippen MR) is 117 cm³/mol. The maximum absolute atomic E-state index is 14.8. The molecule has 2 aromatic carbocycles. The van der Waals surface area contributed by atoms with Gasteiger partial charge in [0.05, 0.1) is 0 Å². The molecule has 0 atom stereocenters. The second kappa shape index (κ2) is 9.58. The summed E-state index contributed by atoms with van der Waals surface area (Å²) in [5.74, 6) is -2.00. The van der Waals surface area contributed by atoms with Crippen molar-refractivity contribution in [2.45, 2.75) is 64.2 Å². The lowest BCUT2D eigenvalue weighted by Gasteiger charge is -2.37. The number of rotatable bonds is 4. The smallest absolute Gasteiger partial charge is 0.194 e. The van der Waals surface area contributed by atoms with Crippen LogP contribution >= 0.6 is 0 Å². The van der Waals surface area contributed by atoms with Crippen LogP contribution in [0.25, 0.3) is 11.1 Å². The van der Waals surface area contributed by atoms with E-state index < -0.39 is 23.3 Å². The Kier molecular flexibility index (Phi) is 6.83. The molecule has 31 heavy (non-hydrogen) atoms. The first-order valence-electron chi connectivity index (χ1n) is 11.5. The Labute approximate surface area is 182 Å². The van der Waals surface area contributed by atoms with E-state index in [1.807, 2.05) is 6.07 Å². The van der Waals surface area contributed by atoms with Crippen molar-refractivity contribution in [3.8, 4) is 11.1 Å². The molecule has 0 unspecified atom stereocenters. The lowest BCUT2D eigenvalue weighted by molar-refractivity contribution is 0.171. The van der Waals surface area contributed by atoms with Crippen LogP contribution in [0.5, 0.6) is 0 Å². The summed E-state index contributed by atoms with van der Waals surface area (Å²) in [6, 6.07) is 6.58. The lowest BCUT2D eigenvalue weighted by Crippen LogP contribution is -2.25. The van der Waals surface area contributed by atoms with Crippen molar-refractivity contribution in [3.63, 3.8) is 0 Å². The maximum atomic E-state index is 14.8. The zero-order chi connectivity index (χ0) is 22.0. The van der Waals surface area contributed by atoms with Crippen molar-refractivity contribution >= 4 is 0 Å². The summed E-state index contributed by atoms with van der Waals surface area (Å²) in [5, 5.41) is 0. The first-order valence-corrected chi connectivity index (χ1v) is 11.5. The minimum atomic E-state index is -1.53. The van der Waals surface area contributed by atoms with Crippen LogP contribution in [0.1, 0.15) is 69.8 Å². The molecule has 0 bridgehead atoms. The van der Waals surface area contributed by atoms with Crippen LogP contribution < -0.4 is 0 Å². The first kappa shape index (κ1) is 22.1. The van der Waals surface area contributed by atoms with E-state index in [1.165, 1.54) is 44.6 Å². The molecule has 0 aromatic heterocycles. The molecule has 2 saturated carbocycles. The summed E-state index contributed by atoms with van der Waals surface area (Å²) >= 11 is 0. The Hall–Kier alpha value is -2.10. The van der Waals surface area contributed by atoms with Gasteiger partial charge in [0.1, 0.15) is 5.82 Å². The average Bonchev–Trinajstić information content (AvgIpc) is 2.78. The van der Waals surface area contributed by atoms with E-state index in [0.717, 1.165) is 48.3 Å². The molecule has 4 heteroatoms. The van der Waals surface area contributed by atoms with E-state index in [9.17, 15) is 17.6 Å². The first-order chi connectivity index (χ1) is 15.0. The fourth-order valence-corrected chi connectivity index (χ4v) is 5.74. The third-order valence-corrected chi connectivity index (χ3v) is 7.48. The molecule has 0 nitrogen and oxygen atoms in total. The van der Waals surface area contributed by atoms with Gasteiger partial charge in [0.25, 0.3) is 0 Å². The SMILES string of the molecule is CC=CC1CCC(C2CCC(c3ccc(-c4cc(F)c(F)c(F)c4)c(F)c3)CC2)CC1. The Morgan fingerprint density at radius 2 is 1.29 bits per heavy atom. The van der Waals surface area contributed by atoms with Gasteiger partial charge in [0.15, 0.2) is 17.5 Å². The largest absolute Gasteiger partial charge is 0.206 e. The second-order valence-electron chi connectivity index (χ2n) is 9.31. The molecule has 0 N–H and O–H groups in total. The highest BCUT2D eigenvalue weighted by molar-refractivity contribution is 5.65. The van der Waals surface area contributed by atoms with Crippen molar-refractivity contribution < 1.29 is 17.6 Å². The summed E-state index contributed by atoms with van der Waals surface area (Å²) in [5.41, 5.74) is 1.05. The fourth-order valence-electron chi connectivity index (χ4n) is 5.74. The van der Waals surface area contributed by atoms with Gasteiger partial charge >= 0.3 is 0 Å². The standard InChI is InChI=1S/C27H30F4/c1-2-3-17-4-6-18(7-5-17)19-8-10-20(11-9-19)21-12-13-23(24(28)14-21)22-15-25(29)27(31)26(30)16-22/h2-3,12-20H,4-11H2,1H3. The molecule has 4 rings (SSSR count). The Balaban J connectivity index is 1.39. The van der Waals surface area contributed by atoms with Gasteiger partial charge in [-0.15, -0.1) is 0 Å². The molecule has 2 aliphatic rings. The minimum absolute atomic E-state index is 0.0117. The van der Waals surface area contributed by atoms with Crippen molar-refractivity contribution in [3.05, 3.63) is 71.3 Å². The quantitative estimate of drug-likeness (QED) is 0.259. The van der Waals surface area contributed by atoms with Gasteiger partial charge in [-0.2, -0.15) is 0 Å². The molecule has 0 amide bonds. The van der Waals surface area contributed by atoms with Crippen LogP contribution in [-0.4, -0.2) is 0 Å². The van der Waals surface area contributed by atoms with E-state index in [0.29, 0.717) is 5.92 Å². The normalized spacial score (nSPS) is 27.0. The lowest BCUT2D eigenvalue weighted by atomic mass is 9.68. The summed E-state index contributed by atoms with van der Waals surface area (Å²) in [7, 11) is 0.